The number of carbonyl (C=O) groups excluding carboxylic acids is 1. The highest BCUT2D eigenvalue weighted by Crippen LogP contribution is 2.26. The van der Waals surface area contributed by atoms with Gasteiger partial charge in [0.25, 0.3) is 0 Å². The van der Waals surface area contributed by atoms with E-state index in [-0.39, 0.29) is 17.9 Å². The molecule has 2 unspecified atom stereocenters. The number of nitrogens with one attached hydrogen (secondary N) is 2. The Hall–Kier alpha value is -2.33. The summed E-state index contributed by atoms with van der Waals surface area (Å²) in [7, 11) is 1.65. The van der Waals surface area contributed by atoms with Gasteiger partial charge in [0.15, 0.2) is 0 Å². The normalized spacial score (nSPS) is 21.2. The Balaban J connectivity index is 1.70. The SMILES string of the molecule is COc1ccc(CC2CC(c3ccccc3)NNC2=O)cc1. The number of benzene rings is 2. The first-order chi connectivity index (χ1) is 10.8. The van der Waals surface area contributed by atoms with E-state index in [2.05, 4.69) is 23.0 Å². The van der Waals surface area contributed by atoms with Crippen molar-refractivity contribution in [3.63, 3.8) is 0 Å². The molecule has 2 atom stereocenters. The molecule has 1 amide bonds. The number of ether oxygens (including phenoxy) is 1. The molecule has 3 rings (SSSR count). The molecule has 0 spiro atoms. The summed E-state index contributed by atoms with van der Waals surface area (Å²) in [5.74, 6) is 0.864. The first-order valence-corrected chi connectivity index (χ1v) is 7.49. The van der Waals surface area contributed by atoms with Crippen LogP contribution in [0, 0.1) is 5.92 Å². The van der Waals surface area contributed by atoms with Gasteiger partial charge in [-0.15, -0.1) is 0 Å². The van der Waals surface area contributed by atoms with E-state index in [1.807, 2.05) is 42.5 Å². The van der Waals surface area contributed by atoms with Crippen molar-refractivity contribution in [3.05, 3.63) is 65.7 Å². The summed E-state index contributed by atoms with van der Waals surface area (Å²) in [6, 6.07) is 18.3. The monoisotopic (exact) mass is 296 g/mol. The van der Waals surface area contributed by atoms with Gasteiger partial charge in [0.2, 0.25) is 5.91 Å². The minimum atomic E-state index is -0.0279. The van der Waals surface area contributed by atoms with Gasteiger partial charge in [-0.2, -0.15) is 0 Å². The number of carbonyl (C=O) groups is 1. The standard InChI is InChI=1S/C18H20N2O2/c1-22-16-9-7-13(8-10-16)11-15-12-17(19-20-18(15)21)14-5-3-2-4-6-14/h2-10,15,17,19H,11-12H2,1H3,(H,20,21). The summed E-state index contributed by atoms with van der Waals surface area (Å²) in [5, 5.41) is 0. The van der Waals surface area contributed by atoms with E-state index in [4.69, 9.17) is 4.74 Å². The van der Waals surface area contributed by atoms with Gasteiger partial charge in [0, 0.05) is 5.92 Å². The topological polar surface area (TPSA) is 50.4 Å². The van der Waals surface area contributed by atoms with Crippen molar-refractivity contribution in [1.82, 2.24) is 10.9 Å². The molecule has 4 heteroatoms. The lowest BCUT2D eigenvalue weighted by Crippen LogP contribution is -2.49. The number of hydrazine groups is 1. The molecule has 1 saturated heterocycles. The summed E-state index contributed by atoms with van der Waals surface area (Å²) in [6.07, 6.45) is 1.53. The molecule has 0 saturated carbocycles. The van der Waals surface area contributed by atoms with Gasteiger partial charge in [-0.1, -0.05) is 42.5 Å². The molecule has 2 aromatic carbocycles. The third-order valence-electron chi connectivity index (χ3n) is 4.10. The van der Waals surface area contributed by atoms with Gasteiger partial charge in [0.1, 0.15) is 5.75 Å². The van der Waals surface area contributed by atoms with Crippen LogP contribution in [0.5, 0.6) is 5.75 Å². The Kier molecular flexibility index (Phi) is 4.39. The number of hydrogen-bond acceptors (Lipinski definition) is 3. The Morgan fingerprint density at radius 2 is 1.82 bits per heavy atom. The number of hydrogen-bond donors (Lipinski definition) is 2. The quantitative estimate of drug-likeness (QED) is 0.912. The van der Waals surface area contributed by atoms with Crippen LogP contribution in [0.25, 0.3) is 0 Å². The van der Waals surface area contributed by atoms with Crippen molar-refractivity contribution in [2.45, 2.75) is 18.9 Å². The lowest BCUT2D eigenvalue weighted by atomic mass is 9.88. The zero-order valence-corrected chi connectivity index (χ0v) is 12.6. The smallest absolute Gasteiger partial charge is 0.237 e. The van der Waals surface area contributed by atoms with Gasteiger partial charge in [-0.25, -0.2) is 5.43 Å². The summed E-state index contributed by atoms with van der Waals surface area (Å²) >= 11 is 0. The van der Waals surface area contributed by atoms with Crippen molar-refractivity contribution in [2.24, 2.45) is 5.92 Å². The summed E-state index contributed by atoms with van der Waals surface area (Å²) in [4.78, 5) is 12.1. The number of rotatable bonds is 4. The lowest BCUT2D eigenvalue weighted by Gasteiger charge is -2.30. The van der Waals surface area contributed by atoms with Gasteiger partial charge < -0.3 is 4.74 Å². The Labute approximate surface area is 130 Å². The molecule has 1 fully saturated rings. The van der Waals surface area contributed by atoms with E-state index in [0.717, 1.165) is 24.2 Å². The molecular weight excluding hydrogens is 276 g/mol. The molecule has 2 N–H and O–H groups in total. The second-order valence-electron chi connectivity index (χ2n) is 5.58. The highest BCUT2D eigenvalue weighted by Gasteiger charge is 2.29. The van der Waals surface area contributed by atoms with Crippen LogP contribution < -0.4 is 15.6 Å². The average molecular weight is 296 g/mol. The second kappa shape index (κ2) is 6.62. The first-order valence-electron chi connectivity index (χ1n) is 7.49. The molecule has 0 aliphatic carbocycles. The van der Waals surface area contributed by atoms with Crippen LogP contribution >= 0.6 is 0 Å². The summed E-state index contributed by atoms with van der Waals surface area (Å²) in [5.41, 5.74) is 8.25. The third kappa shape index (κ3) is 3.28. The minimum absolute atomic E-state index is 0.0279. The number of amides is 1. The highest BCUT2D eigenvalue weighted by molar-refractivity contribution is 5.79. The molecule has 1 aliphatic rings. The Bertz CT molecular complexity index is 625. The van der Waals surface area contributed by atoms with Crippen molar-refractivity contribution >= 4 is 5.91 Å². The van der Waals surface area contributed by atoms with Crippen LogP contribution in [0.1, 0.15) is 23.6 Å². The molecular formula is C18H20N2O2. The second-order valence-corrected chi connectivity index (χ2v) is 5.58. The predicted molar refractivity (Wildman–Crippen MR) is 85.3 cm³/mol. The van der Waals surface area contributed by atoms with E-state index >= 15 is 0 Å². The van der Waals surface area contributed by atoms with Crippen LogP contribution in [0.4, 0.5) is 0 Å². The predicted octanol–water partition coefficient (Wildman–Crippen LogP) is 2.62. The van der Waals surface area contributed by atoms with Gasteiger partial charge >= 0.3 is 0 Å². The summed E-state index contributed by atoms with van der Waals surface area (Å²) < 4.78 is 5.17. The first kappa shape index (κ1) is 14.6. The third-order valence-corrected chi connectivity index (χ3v) is 4.10. The largest absolute Gasteiger partial charge is 0.497 e. The van der Waals surface area contributed by atoms with Crippen LogP contribution in [0.3, 0.4) is 0 Å². The van der Waals surface area contributed by atoms with Crippen LogP contribution in [0.2, 0.25) is 0 Å². The Morgan fingerprint density at radius 3 is 2.50 bits per heavy atom. The maximum atomic E-state index is 12.1. The van der Waals surface area contributed by atoms with Gasteiger partial charge in [-0.05, 0) is 36.1 Å². The molecule has 1 heterocycles. The molecule has 0 aromatic heterocycles. The van der Waals surface area contributed by atoms with E-state index in [9.17, 15) is 4.79 Å². The van der Waals surface area contributed by atoms with Gasteiger partial charge in [-0.3, -0.25) is 10.2 Å². The van der Waals surface area contributed by atoms with Gasteiger partial charge in [0.05, 0.1) is 13.2 Å². The zero-order valence-electron chi connectivity index (χ0n) is 12.6. The van der Waals surface area contributed by atoms with E-state index < -0.39 is 0 Å². The summed E-state index contributed by atoms with van der Waals surface area (Å²) in [6.45, 7) is 0. The van der Waals surface area contributed by atoms with Crippen molar-refractivity contribution in [3.8, 4) is 5.75 Å². The van der Waals surface area contributed by atoms with E-state index in [0.29, 0.717) is 0 Å². The molecule has 1 aliphatic heterocycles. The van der Waals surface area contributed by atoms with Crippen LogP contribution in [-0.2, 0) is 11.2 Å². The zero-order chi connectivity index (χ0) is 15.4. The fourth-order valence-electron chi connectivity index (χ4n) is 2.84. The molecule has 22 heavy (non-hydrogen) atoms. The van der Waals surface area contributed by atoms with E-state index in [1.54, 1.807) is 7.11 Å². The van der Waals surface area contributed by atoms with Crippen molar-refractivity contribution in [1.29, 1.82) is 0 Å². The van der Waals surface area contributed by atoms with Crippen LogP contribution in [0.15, 0.2) is 54.6 Å². The van der Waals surface area contributed by atoms with Crippen molar-refractivity contribution < 1.29 is 9.53 Å². The number of methoxy groups -OCH3 is 1. The fraction of sp³-hybridized carbons (Fsp3) is 0.278. The molecule has 114 valence electrons. The Morgan fingerprint density at radius 1 is 1.09 bits per heavy atom. The maximum absolute atomic E-state index is 12.1. The fourth-order valence-corrected chi connectivity index (χ4v) is 2.84. The molecule has 0 bridgehead atoms. The molecule has 2 aromatic rings. The maximum Gasteiger partial charge on any atom is 0.237 e. The molecule has 0 radical (unpaired) electrons. The highest BCUT2D eigenvalue weighted by atomic mass is 16.5. The van der Waals surface area contributed by atoms with Crippen LogP contribution in [-0.4, -0.2) is 13.0 Å². The average Bonchev–Trinajstić information content (AvgIpc) is 2.58. The molecule has 4 nitrogen and oxygen atoms in total. The van der Waals surface area contributed by atoms with E-state index in [1.165, 1.54) is 5.56 Å². The lowest BCUT2D eigenvalue weighted by molar-refractivity contribution is -0.128. The minimum Gasteiger partial charge on any atom is -0.497 e. The van der Waals surface area contributed by atoms with Crippen molar-refractivity contribution in [2.75, 3.05) is 7.11 Å².